The van der Waals surface area contributed by atoms with Gasteiger partial charge in [-0.1, -0.05) is 0 Å². The molecule has 0 aromatic carbocycles. The molecule has 1 aromatic heterocycles. The number of pyridine rings is 1. The Hall–Kier alpha value is -0.251. The van der Waals surface area contributed by atoms with Crippen molar-refractivity contribution in [3.8, 4) is 5.75 Å². The summed E-state index contributed by atoms with van der Waals surface area (Å²) in [4.78, 5) is 4.46. The summed E-state index contributed by atoms with van der Waals surface area (Å²) in [5, 5.41) is 0. The molecule has 0 fully saturated rings. The van der Waals surface area contributed by atoms with E-state index in [1.807, 2.05) is 13.3 Å². The summed E-state index contributed by atoms with van der Waals surface area (Å²) in [6.07, 6.45) is 12.1. The van der Waals surface area contributed by atoms with Crippen molar-refractivity contribution in [3.63, 3.8) is 0 Å². The van der Waals surface area contributed by atoms with Crippen LogP contribution in [0.2, 0.25) is 13.3 Å². The fourth-order valence-electron chi connectivity index (χ4n) is 3.28. The molecule has 0 aliphatic heterocycles. The van der Waals surface area contributed by atoms with Crippen LogP contribution < -0.4 is 8.32 Å². The van der Waals surface area contributed by atoms with Crippen molar-refractivity contribution >= 4 is 22.0 Å². The van der Waals surface area contributed by atoms with Gasteiger partial charge < -0.3 is 0 Å². The molecule has 0 amide bonds. The Morgan fingerprint density at radius 2 is 1.48 bits per heavy atom. The molecule has 0 bridgehead atoms. The Balaban J connectivity index is 3.16. The van der Waals surface area contributed by atoms with Crippen molar-refractivity contribution in [2.24, 2.45) is 0 Å². The van der Waals surface area contributed by atoms with Gasteiger partial charge in [-0.3, -0.25) is 0 Å². The van der Waals surface area contributed by atoms with Gasteiger partial charge in [0, 0.05) is 0 Å². The molecule has 0 saturated carbocycles. The van der Waals surface area contributed by atoms with Gasteiger partial charge in [-0.2, -0.15) is 0 Å². The molecule has 0 atom stereocenters. The van der Waals surface area contributed by atoms with E-state index in [1.165, 1.54) is 51.8 Å². The topological polar surface area (TPSA) is 22.1 Å². The maximum atomic E-state index is 5.70. The zero-order chi connectivity index (χ0) is 15.6. The van der Waals surface area contributed by atoms with Crippen LogP contribution >= 0.6 is 0 Å². The molecule has 21 heavy (non-hydrogen) atoms. The van der Waals surface area contributed by atoms with Crippen molar-refractivity contribution in [1.82, 2.24) is 4.98 Å². The molecule has 1 heterocycles. The van der Waals surface area contributed by atoms with Gasteiger partial charge >= 0.3 is 136 Å². The van der Waals surface area contributed by atoms with Crippen LogP contribution in [0.25, 0.3) is 0 Å². The second-order valence-electron chi connectivity index (χ2n) is 6.17. The number of unbranched alkanes of at least 4 members (excludes halogenated alkanes) is 3. The molecule has 120 valence electrons. The maximum absolute atomic E-state index is 5.70. The number of hydrogen-bond donors (Lipinski definition) is 0. The average molecular weight is 398 g/mol. The van der Waals surface area contributed by atoms with Gasteiger partial charge in [0.25, 0.3) is 0 Å². The molecular formula is C18H33NOSn. The Morgan fingerprint density at radius 3 is 1.90 bits per heavy atom. The molecular weight excluding hydrogens is 365 g/mol. The van der Waals surface area contributed by atoms with Gasteiger partial charge in [-0.05, 0) is 0 Å². The Bertz CT molecular complexity index is 373. The van der Waals surface area contributed by atoms with Crippen molar-refractivity contribution in [2.45, 2.75) is 72.6 Å². The predicted molar refractivity (Wildman–Crippen MR) is 95.3 cm³/mol. The zero-order valence-electron chi connectivity index (χ0n) is 14.5. The minimum absolute atomic E-state index is 1.11. The third-order valence-corrected chi connectivity index (χ3v) is 20.2. The monoisotopic (exact) mass is 399 g/mol. The first kappa shape index (κ1) is 18.8. The first-order valence-electron chi connectivity index (χ1n) is 8.72. The molecule has 0 unspecified atom stereocenters. The molecule has 0 radical (unpaired) electrons. The molecule has 1 aromatic rings. The molecule has 0 aliphatic carbocycles. The molecule has 2 nitrogen and oxygen atoms in total. The summed E-state index contributed by atoms with van der Waals surface area (Å²) in [6, 6.07) is 2.07. The van der Waals surface area contributed by atoms with E-state index in [1.54, 1.807) is 3.58 Å². The third-order valence-electron chi connectivity index (χ3n) is 4.60. The van der Waals surface area contributed by atoms with Gasteiger partial charge in [0.15, 0.2) is 0 Å². The van der Waals surface area contributed by atoms with Crippen LogP contribution in [0.3, 0.4) is 0 Å². The molecule has 0 spiro atoms. The van der Waals surface area contributed by atoms with Gasteiger partial charge in [0.1, 0.15) is 0 Å². The van der Waals surface area contributed by atoms with E-state index in [4.69, 9.17) is 4.74 Å². The van der Waals surface area contributed by atoms with Crippen LogP contribution in [0, 0.1) is 0 Å². The summed E-state index contributed by atoms with van der Waals surface area (Å²) < 4.78 is 11.6. The number of rotatable bonds is 11. The van der Waals surface area contributed by atoms with Gasteiger partial charge in [0.2, 0.25) is 0 Å². The first-order chi connectivity index (χ1) is 10.2. The summed E-state index contributed by atoms with van der Waals surface area (Å²) in [5.74, 6) is 1.11. The van der Waals surface area contributed by atoms with Crippen LogP contribution in [-0.4, -0.2) is 30.5 Å². The number of hydrogen-bond acceptors (Lipinski definition) is 2. The summed E-state index contributed by atoms with van der Waals surface area (Å²) >= 11 is -2.38. The third kappa shape index (κ3) is 5.46. The van der Waals surface area contributed by atoms with E-state index in [0.29, 0.717) is 0 Å². The van der Waals surface area contributed by atoms with Crippen molar-refractivity contribution in [3.05, 3.63) is 18.5 Å². The Labute approximate surface area is 135 Å². The van der Waals surface area contributed by atoms with Crippen LogP contribution in [0.15, 0.2) is 18.5 Å². The Kier molecular flexibility index (Phi) is 9.37. The molecule has 0 saturated heterocycles. The summed E-state index contributed by atoms with van der Waals surface area (Å²) in [7, 11) is 1.81. The van der Waals surface area contributed by atoms with E-state index in [9.17, 15) is 0 Å². The van der Waals surface area contributed by atoms with Gasteiger partial charge in [-0.15, -0.1) is 0 Å². The number of methoxy groups -OCH3 is 1. The molecule has 0 aliphatic rings. The molecule has 3 heteroatoms. The SMILES string of the molecule is CCC[CH2][Sn]([CH2]CCC)([CH2]CCC)[c]1cnccc1OC. The average Bonchev–Trinajstić information content (AvgIpc) is 2.54. The predicted octanol–water partition coefficient (Wildman–Crippen LogP) is 5.15. The first-order valence-corrected chi connectivity index (χ1v) is 16.2. The minimum atomic E-state index is -2.38. The van der Waals surface area contributed by atoms with Crippen molar-refractivity contribution < 1.29 is 4.74 Å². The van der Waals surface area contributed by atoms with E-state index in [-0.39, 0.29) is 0 Å². The van der Waals surface area contributed by atoms with Gasteiger partial charge in [-0.25, -0.2) is 0 Å². The number of aromatic nitrogens is 1. The second kappa shape index (κ2) is 10.5. The fourth-order valence-corrected chi connectivity index (χ4v) is 19.6. The molecule has 0 N–H and O–H groups in total. The van der Waals surface area contributed by atoms with Gasteiger partial charge in [0.05, 0.1) is 0 Å². The second-order valence-corrected chi connectivity index (χ2v) is 19.3. The quantitative estimate of drug-likeness (QED) is 0.482. The van der Waals surface area contributed by atoms with E-state index >= 15 is 0 Å². The van der Waals surface area contributed by atoms with E-state index < -0.39 is 18.4 Å². The standard InChI is InChI=1S/C6H6NO.3C4H9.Sn/c1-8-6-2-4-7-5-3-6;3*1-3-4-2;/h2,4-5H,1H3;3*1,3-4H2,2H3;. The summed E-state index contributed by atoms with van der Waals surface area (Å²) in [6.45, 7) is 6.95. The van der Waals surface area contributed by atoms with Crippen molar-refractivity contribution in [2.75, 3.05) is 7.11 Å². The van der Waals surface area contributed by atoms with E-state index in [2.05, 4.69) is 38.0 Å². The van der Waals surface area contributed by atoms with Crippen LogP contribution in [0.5, 0.6) is 5.75 Å². The summed E-state index contributed by atoms with van der Waals surface area (Å²) in [5.41, 5.74) is 0. The Morgan fingerprint density at radius 1 is 0.952 bits per heavy atom. The van der Waals surface area contributed by atoms with Crippen LogP contribution in [0.4, 0.5) is 0 Å². The number of ether oxygens (including phenoxy) is 1. The zero-order valence-corrected chi connectivity index (χ0v) is 17.3. The normalized spacial score (nSPS) is 11.6. The van der Waals surface area contributed by atoms with Crippen LogP contribution in [-0.2, 0) is 0 Å². The van der Waals surface area contributed by atoms with Crippen molar-refractivity contribution in [1.29, 1.82) is 0 Å². The molecule has 1 rings (SSSR count). The fraction of sp³-hybridized carbons (Fsp3) is 0.722. The number of nitrogens with zero attached hydrogens (tertiary/aromatic N) is 1. The van der Waals surface area contributed by atoms with Crippen LogP contribution in [0.1, 0.15) is 59.3 Å². The van der Waals surface area contributed by atoms with E-state index in [0.717, 1.165) is 5.75 Å².